The van der Waals surface area contributed by atoms with Gasteiger partial charge in [-0.05, 0) is 31.2 Å². The largest absolute Gasteiger partial charge is 0.497 e. The molecule has 0 saturated carbocycles. The minimum Gasteiger partial charge on any atom is -0.497 e. The van der Waals surface area contributed by atoms with E-state index in [-0.39, 0.29) is 5.78 Å². The van der Waals surface area contributed by atoms with Crippen molar-refractivity contribution in [3.8, 4) is 5.75 Å². The summed E-state index contributed by atoms with van der Waals surface area (Å²) in [5.74, 6) is -1.64. The molecule has 0 N–H and O–H groups in total. The average molecular weight is 277 g/mol. The molecule has 0 bridgehead atoms. The zero-order chi connectivity index (χ0) is 14.9. The fraction of sp³-hybridized carbons (Fsp3) is 0.357. The molecule has 0 spiro atoms. The summed E-state index contributed by atoms with van der Waals surface area (Å²) in [5, 5.41) is 0. The van der Waals surface area contributed by atoms with Crippen molar-refractivity contribution in [2.45, 2.75) is 13.0 Å². The molecule has 0 aromatic heterocycles. The maximum atomic E-state index is 12.1. The number of anilines is 1. The lowest BCUT2D eigenvalue weighted by Gasteiger charge is -2.43. The van der Waals surface area contributed by atoms with Crippen LogP contribution in [0.15, 0.2) is 24.3 Å². The highest BCUT2D eigenvalue weighted by atomic mass is 16.5. The number of carbonyl (C=O) groups excluding carboxylic acids is 3. The monoisotopic (exact) mass is 277 g/mol. The Morgan fingerprint density at radius 3 is 2.20 bits per heavy atom. The first-order valence-electron chi connectivity index (χ1n) is 6.06. The predicted molar refractivity (Wildman–Crippen MR) is 70.5 cm³/mol. The Bertz CT molecular complexity index is 551. The van der Waals surface area contributed by atoms with Crippen molar-refractivity contribution < 1.29 is 23.9 Å². The van der Waals surface area contributed by atoms with Gasteiger partial charge in [0.2, 0.25) is 5.91 Å². The second-order valence-electron chi connectivity index (χ2n) is 4.46. The van der Waals surface area contributed by atoms with Gasteiger partial charge in [-0.25, -0.2) is 4.79 Å². The van der Waals surface area contributed by atoms with Crippen LogP contribution in [0.2, 0.25) is 0 Å². The number of hydrogen-bond acceptors (Lipinski definition) is 5. The van der Waals surface area contributed by atoms with Gasteiger partial charge in [0.05, 0.1) is 14.2 Å². The van der Waals surface area contributed by atoms with Crippen LogP contribution in [0.1, 0.15) is 6.92 Å². The van der Waals surface area contributed by atoms with Gasteiger partial charge >= 0.3 is 5.97 Å². The molecule has 0 unspecified atom stereocenters. The molecular formula is C14H15NO5. The van der Waals surface area contributed by atoms with Crippen molar-refractivity contribution in [1.29, 1.82) is 0 Å². The van der Waals surface area contributed by atoms with Crippen molar-refractivity contribution in [3.63, 3.8) is 0 Å². The van der Waals surface area contributed by atoms with E-state index in [2.05, 4.69) is 4.74 Å². The first kappa shape index (κ1) is 14.0. The predicted octanol–water partition coefficient (Wildman–Crippen LogP) is 0.789. The molecule has 1 fully saturated rings. The molecule has 2 atom stereocenters. The highest BCUT2D eigenvalue weighted by molar-refractivity contribution is 6.20. The van der Waals surface area contributed by atoms with E-state index in [0.717, 1.165) is 0 Å². The van der Waals surface area contributed by atoms with Crippen molar-refractivity contribution >= 4 is 23.3 Å². The molecule has 106 valence electrons. The van der Waals surface area contributed by atoms with Crippen LogP contribution in [0, 0.1) is 5.92 Å². The lowest BCUT2D eigenvalue weighted by molar-refractivity contribution is -0.155. The molecule has 0 radical (unpaired) electrons. The number of esters is 1. The van der Waals surface area contributed by atoms with Gasteiger partial charge in [0, 0.05) is 5.69 Å². The van der Waals surface area contributed by atoms with Crippen LogP contribution >= 0.6 is 0 Å². The number of ketones is 1. The van der Waals surface area contributed by atoms with Crippen molar-refractivity contribution in [1.82, 2.24) is 0 Å². The fourth-order valence-corrected chi connectivity index (χ4v) is 2.28. The van der Waals surface area contributed by atoms with Crippen LogP contribution in [-0.4, -0.2) is 37.9 Å². The second kappa shape index (κ2) is 5.32. The first-order valence-corrected chi connectivity index (χ1v) is 6.06. The summed E-state index contributed by atoms with van der Waals surface area (Å²) >= 11 is 0. The molecule has 6 nitrogen and oxygen atoms in total. The number of benzene rings is 1. The summed E-state index contributed by atoms with van der Waals surface area (Å²) < 4.78 is 9.70. The van der Waals surface area contributed by atoms with Crippen LogP contribution < -0.4 is 9.64 Å². The molecule has 20 heavy (non-hydrogen) atoms. The van der Waals surface area contributed by atoms with Gasteiger partial charge in [0.25, 0.3) is 0 Å². The number of carbonyl (C=O) groups is 3. The van der Waals surface area contributed by atoms with E-state index in [1.54, 1.807) is 24.3 Å². The summed E-state index contributed by atoms with van der Waals surface area (Å²) in [6.07, 6.45) is 0. The summed E-state index contributed by atoms with van der Waals surface area (Å²) in [7, 11) is 2.77. The molecule has 0 aliphatic carbocycles. The highest BCUT2D eigenvalue weighted by Crippen LogP contribution is 2.34. The smallest absolute Gasteiger partial charge is 0.330 e. The lowest BCUT2D eigenvalue weighted by Crippen LogP contribution is -2.67. The van der Waals surface area contributed by atoms with E-state index in [0.29, 0.717) is 11.4 Å². The van der Waals surface area contributed by atoms with E-state index in [1.165, 1.54) is 26.0 Å². The Kier molecular flexibility index (Phi) is 3.74. The zero-order valence-electron chi connectivity index (χ0n) is 11.5. The van der Waals surface area contributed by atoms with E-state index in [1.807, 2.05) is 0 Å². The van der Waals surface area contributed by atoms with Crippen LogP contribution in [0.25, 0.3) is 0 Å². The number of nitrogens with zero attached hydrogens (tertiary/aromatic N) is 1. The summed E-state index contributed by atoms with van der Waals surface area (Å²) in [5.41, 5.74) is 0.531. The Morgan fingerprint density at radius 2 is 1.75 bits per heavy atom. The molecule has 6 heteroatoms. The molecular weight excluding hydrogens is 262 g/mol. The van der Waals surface area contributed by atoms with Crippen molar-refractivity contribution in [2.75, 3.05) is 19.1 Å². The van der Waals surface area contributed by atoms with Gasteiger partial charge in [0.15, 0.2) is 6.04 Å². The molecule has 1 aliphatic heterocycles. The van der Waals surface area contributed by atoms with Crippen molar-refractivity contribution in [2.24, 2.45) is 5.92 Å². The van der Waals surface area contributed by atoms with Crippen LogP contribution in [-0.2, 0) is 19.1 Å². The molecule has 2 rings (SSSR count). The minimum atomic E-state index is -0.954. The Hall–Kier alpha value is -2.37. The second-order valence-corrected chi connectivity index (χ2v) is 4.46. The third kappa shape index (κ3) is 2.13. The fourth-order valence-electron chi connectivity index (χ4n) is 2.28. The molecule has 1 heterocycles. The Labute approximate surface area is 116 Å². The van der Waals surface area contributed by atoms with E-state index in [9.17, 15) is 14.4 Å². The topological polar surface area (TPSA) is 72.9 Å². The molecule has 1 saturated heterocycles. The van der Waals surface area contributed by atoms with E-state index >= 15 is 0 Å². The quantitative estimate of drug-likeness (QED) is 0.462. The maximum absolute atomic E-state index is 12.1. The number of rotatable bonds is 4. The molecule has 1 amide bonds. The molecule has 1 aliphatic rings. The number of Topliss-reactive ketones (excluding diaryl/α,β-unsaturated/α-hetero) is 1. The first-order chi connectivity index (χ1) is 9.51. The third-order valence-corrected chi connectivity index (χ3v) is 3.33. The highest BCUT2D eigenvalue weighted by Gasteiger charge is 2.55. The standard InChI is InChI=1S/C14H15NO5/c1-8(16)11-12(14(18)20-3)15(13(11)17)9-4-6-10(19-2)7-5-9/h4-7,11-12H,1-3H3/t11-,12+/m0/s1. The SMILES string of the molecule is COC(=O)[C@H]1[C@H](C(C)=O)C(=O)N1c1ccc(OC)cc1. The number of β-lactam (4-membered cyclic amide) rings is 1. The average Bonchev–Trinajstić information content (AvgIpc) is 2.44. The summed E-state index contributed by atoms with van der Waals surface area (Å²) in [6.45, 7) is 1.30. The maximum Gasteiger partial charge on any atom is 0.330 e. The lowest BCUT2D eigenvalue weighted by atomic mass is 9.83. The normalized spacial score (nSPS) is 21.1. The summed E-state index contributed by atoms with van der Waals surface area (Å²) in [6, 6.07) is 5.78. The summed E-state index contributed by atoms with van der Waals surface area (Å²) in [4.78, 5) is 36.6. The van der Waals surface area contributed by atoms with Gasteiger partial charge in [-0.1, -0.05) is 0 Å². The van der Waals surface area contributed by atoms with Crippen LogP contribution in [0.4, 0.5) is 5.69 Å². The third-order valence-electron chi connectivity index (χ3n) is 3.33. The van der Waals surface area contributed by atoms with Gasteiger partial charge in [-0.15, -0.1) is 0 Å². The van der Waals surface area contributed by atoms with Gasteiger partial charge in [0.1, 0.15) is 17.5 Å². The Balaban J connectivity index is 2.31. The van der Waals surface area contributed by atoms with Crippen LogP contribution in [0.5, 0.6) is 5.75 Å². The molecule has 1 aromatic rings. The van der Waals surface area contributed by atoms with E-state index in [4.69, 9.17) is 4.74 Å². The number of ether oxygens (including phenoxy) is 2. The van der Waals surface area contributed by atoms with Gasteiger partial charge in [-0.3, -0.25) is 14.5 Å². The van der Waals surface area contributed by atoms with Crippen LogP contribution in [0.3, 0.4) is 0 Å². The number of methoxy groups -OCH3 is 2. The Morgan fingerprint density at radius 1 is 1.15 bits per heavy atom. The molecule has 1 aromatic carbocycles. The van der Waals surface area contributed by atoms with E-state index < -0.39 is 23.8 Å². The van der Waals surface area contributed by atoms with Crippen molar-refractivity contribution in [3.05, 3.63) is 24.3 Å². The number of hydrogen-bond donors (Lipinski definition) is 0. The van der Waals surface area contributed by atoms with Gasteiger partial charge in [-0.2, -0.15) is 0 Å². The minimum absolute atomic E-state index is 0.338. The zero-order valence-corrected chi connectivity index (χ0v) is 11.5. The number of amides is 1. The van der Waals surface area contributed by atoms with Gasteiger partial charge < -0.3 is 9.47 Å².